The lowest BCUT2D eigenvalue weighted by molar-refractivity contribution is -0.0618. The van der Waals surface area contributed by atoms with Gasteiger partial charge in [0.05, 0.1) is 6.10 Å². The summed E-state index contributed by atoms with van der Waals surface area (Å²) in [6, 6.07) is 0. The van der Waals surface area contributed by atoms with E-state index < -0.39 is 0 Å². The summed E-state index contributed by atoms with van der Waals surface area (Å²) < 4.78 is 0. The van der Waals surface area contributed by atoms with Gasteiger partial charge in [0.1, 0.15) is 0 Å². The van der Waals surface area contributed by atoms with Gasteiger partial charge in [-0.2, -0.15) is 0 Å². The Hall–Kier alpha value is -0.560. The van der Waals surface area contributed by atoms with Crippen LogP contribution in [0.15, 0.2) is 24.3 Å². The molecular formula is C27H44O. The maximum absolute atomic E-state index is 10.2. The van der Waals surface area contributed by atoms with Crippen molar-refractivity contribution in [2.45, 2.75) is 92.1 Å². The van der Waals surface area contributed by atoms with Crippen molar-refractivity contribution in [1.29, 1.82) is 0 Å². The number of allylic oxidation sites excluding steroid dienone is 3. The fourth-order valence-electron chi connectivity index (χ4n) is 8.21. The zero-order valence-corrected chi connectivity index (χ0v) is 19.0. The number of rotatable bonds is 4. The van der Waals surface area contributed by atoms with Gasteiger partial charge in [0.15, 0.2) is 0 Å². The third-order valence-corrected chi connectivity index (χ3v) is 10.1. The van der Waals surface area contributed by atoms with Gasteiger partial charge in [-0.3, -0.25) is 0 Å². The van der Waals surface area contributed by atoms with Gasteiger partial charge >= 0.3 is 0 Å². The molecule has 0 aromatic heterocycles. The normalized spacial score (nSPS) is 47.6. The number of aliphatic hydroxyl groups excluding tert-OH is 1. The second-order valence-electron chi connectivity index (χ2n) is 11.7. The van der Waals surface area contributed by atoms with Crippen molar-refractivity contribution in [3.8, 4) is 0 Å². The SMILES string of the molecule is CC(C)C(O)C=C[C@@H](C)[C@H]1CC[C@H]2[C@@H]3C=CC4CCCC[C@]4(C)[C@H]3CC[C@]12C. The van der Waals surface area contributed by atoms with Crippen molar-refractivity contribution in [1.82, 2.24) is 0 Å². The van der Waals surface area contributed by atoms with E-state index in [-0.39, 0.29) is 6.10 Å². The van der Waals surface area contributed by atoms with Gasteiger partial charge in [-0.15, -0.1) is 0 Å². The molecule has 0 aliphatic heterocycles. The van der Waals surface area contributed by atoms with Gasteiger partial charge in [0.25, 0.3) is 0 Å². The van der Waals surface area contributed by atoms with E-state index in [1.54, 1.807) is 0 Å². The first kappa shape index (κ1) is 20.7. The largest absolute Gasteiger partial charge is 0.389 e. The van der Waals surface area contributed by atoms with Crippen LogP contribution in [0.25, 0.3) is 0 Å². The van der Waals surface area contributed by atoms with E-state index in [1.807, 2.05) is 0 Å². The molecule has 4 aliphatic carbocycles. The average molecular weight is 385 g/mol. The minimum absolute atomic E-state index is 0.298. The van der Waals surface area contributed by atoms with Gasteiger partial charge in [-0.25, -0.2) is 0 Å². The van der Waals surface area contributed by atoms with Crippen molar-refractivity contribution in [2.75, 3.05) is 0 Å². The van der Waals surface area contributed by atoms with Crippen LogP contribution in [0, 0.1) is 52.3 Å². The molecule has 0 amide bonds. The standard InChI is InChI=1S/C27H44O/c1-18(2)25(28)14-9-19(3)22-12-13-23-21-11-10-20-8-6-7-16-26(20,4)24(21)15-17-27(22,23)5/h9-11,14,18-25,28H,6-8,12-13,15-17H2,1-5H3/t19-,20?,21+,22-,23+,24+,25?,26+,27-/m1/s1. The zero-order valence-electron chi connectivity index (χ0n) is 19.0. The zero-order chi connectivity index (χ0) is 20.1. The second-order valence-corrected chi connectivity index (χ2v) is 11.7. The Kier molecular flexibility index (Phi) is 5.62. The summed E-state index contributed by atoms with van der Waals surface area (Å²) in [5.41, 5.74) is 1.06. The Morgan fingerprint density at radius 2 is 1.61 bits per heavy atom. The Morgan fingerprint density at radius 3 is 2.36 bits per heavy atom. The lowest BCUT2D eigenvalue weighted by atomic mass is 9.46. The van der Waals surface area contributed by atoms with Crippen molar-refractivity contribution in [3.63, 3.8) is 0 Å². The molecule has 3 saturated carbocycles. The third kappa shape index (κ3) is 3.24. The molecule has 1 heteroatoms. The highest BCUT2D eigenvalue weighted by Gasteiger charge is 2.58. The van der Waals surface area contributed by atoms with Crippen molar-refractivity contribution in [3.05, 3.63) is 24.3 Å². The molecule has 0 spiro atoms. The molecule has 0 saturated heterocycles. The lowest BCUT2D eigenvalue weighted by Gasteiger charge is -2.58. The quantitative estimate of drug-likeness (QED) is 0.516. The van der Waals surface area contributed by atoms with Crippen LogP contribution in [0.2, 0.25) is 0 Å². The molecular weight excluding hydrogens is 340 g/mol. The van der Waals surface area contributed by atoms with Crippen LogP contribution in [0.5, 0.6) is 0 Å². The highest BCUT2D eigenvalue weighted by Crippen LogP contribution is 2.66. The molecule has 158 valence electrons. The molecule has 9 atom stereocenters. The fourth-order valence-corrected chi connectivity index (χ4v) is 8.21. The van der Waals surface area contributed by atoms with E-state index in [2.05, 4.69) is 58.9 Å². The van der Waals surface area contributed by atoms with Crippen LogP contribution >= 0.6 is 0 Å². The van der Waals surface area contributed by atoms with Crippen molar-refractivity contribution < 1.29 is 5.11 Å². The lowest BCUT2D eigenvalue weighted by Crippen LogP contribution is -2.51. The summed E-state index contributed by atoms with van der Waals surface area (Å²) in [6.07, 6.45) is 20.9. The molecule has 2 unspecified atom stereocenters. The van der Waals surface area contributed by atoms with E-state index in [9.17, 15) is 5.11 Å². The molecule has 1 N–H and O–H groups in total. The number of aliphatic hydroxyl groups is 1. The van der Waals surface area contributed by atoms with Gasteiger partial charge < -0.3 is 5.11 Å². The van der Waals surface area contributed by atoms with Gasteiger partial charge in [0, 0.05) is 0 Å². The Morgan fingerprint density at radius 1 is 0.857 bits per heavy atom. The first-order valence-electron chi connectivity index (χ1n) is 12.3. The fraction of sp³-hybridized carbons (Fsp3) is 0.852. The van der Waals surface area contributed by atoms with E-state index in [0.29, 0.717) is 22.7 Å². The highest BCUT2D eigenvalue weighted by atomic mass is 16.3. The molecule has 0 radical (unpaired) electrons. The smallest absolute Gasteiger partial charge is 0.0743 e. The van der Waals surface area contributed by atoms with Gasteiger partial charge in [-0.1, -0.05) is 71.8 Å². The van der Waals surface area contributed by atoms with Crippen LogP contribution < -0.4 is 0 Å². The number of fused-ring (bicyclic) bond motifs is 5. The third-order valence-electron chi connectivity index (χ3n) is 10.1. The van der Waals surface area contributed by atoms with Crippen LogP contribution in [-0.2, 0) is 0 Å². The van der Waals surface area contributed by atoms with E-state index in [4.69, 9.17) is 0 Å². The van der Waals surface area contributed by atoms with Gasteiger partial charge in [0.2, 0.25) is 0 Å². The molecule has 28 heavy (non-hydrogen) atoms. The molecule has 0 heterocycles. The minimum Gasteiger partial charge on any atom is -0.389 e. The molecule has 1 nitrogen and oxygen atoms in total. The van der Waals surface area contributed by atoms with E-state index >= 15 is 0 Å². The molecule has 4 aliphatic rings. The minimum atomic E-state index is -0.298. The summed E-state index contributed by atoms with van der Waals surface area (Å²) in [7, 11) is 0. The predicted molar refractivity (Wildman–Crippen MR) is 119 cm³/mol. The predicted octanol–water partition coefficient (Wildman–Crippen LogP) is 7.02. The maximum atomic E-state index is 10.2. The topological polar surface area (TPSA) is 20.2 Å². The van der Waals surface area contributed by atoms with Crippen LogP contribution in [0.3, 0.4) is 0 Å². The van der Waals surface area contributed by atoms with Crippen LogP contribution in [-0.4, -0.2) is 11.2 Å². The Bertz CT molecular complexity index is 618. The van der Waals surface area contributed by atoms with Gasteiger partial charge in [-0.05, 0) is 90.8 Å². The van der Waals surface area contributed by atoms with Crippen LogP contribution in [0.1, 0.15) is 86.0 Å². The van der Waals surface area contributed by atoms with Crippen molar-refractivity contribution >= 4 is 0 Å². The summed E-state index contributed by atoms with van der Waals surface area (Å²) >= 11 is 0. The molecule has 3 fully saturated rings. The second kappa shape index (κ2) is 7.60. The Labute approximate surface area is 174 Å². The monoisotopic (exact) mass is 384 g/mol. The average Bonchev–Trinajstić information content (AvgIpc) is 3.02. The summed E-state index contributed by atoms with van der Waals surface area (Å²) in [6.45, 7) is 11.9. The molecule has 0 bridgehead atoms. The molecule has 0 aromatic rings. The van der Waals surface area contributed by atoms with Crippen molar-refractivity contribution in [2.24, 2.45) is 52.3 Å². The maximum Gasteiger partial charge on any atom is 0.0743 e. The van der Waals surface area contributed by atoms with Crippen LogP contribution in [0.4, 0.5) is 0 Å². The number of hydrogen-bond acceptors (Lipinski definition) is 1. The molecule has 0 aromatic carbocycles. The van der Waals surface area contributed by atoms with E-state index in [0.717, 1.165) is 29.6 Å². The van der Waals surface area contributed by atoms with E-state index in [1.165, 1.54) is 51.4 Å². The highest BCUT2D eigenvalue weighted by molar-refractivity contribution is 5.18. The summed E-state index contributed by atoms with van der Waals surface area (Å²) in [4.78, 5) is 0. The molecule has 4 rings (SSSR count). The first-order chi connectivity index (χ1) is 13.3. The first-order valence-corrected chi connectivity index (χ1v) is 12.3. The number of hydrogen-bond donors (Lipinski definition) is 1. The summed E-state index contributed by atoms with van der Waals surface area (Å²) in [5.74, 6) is 5.13. The summed E-state index contributed by atoms with van der Waals surface area (Å²) in [5, 5.41) is 10.2. The Balaban J connectivity index is 1.53.